The summed E-state index contributed by atoms with van der Waals surface area (Å²) in [5.41, 5.74) is 7.61. The summed E-state index contributed by atoms with van der Waals surface area (Å²) in [5.74, 6) is 0.496. The number of hydrogen-bond acceptors (Lipinski definition) is 3. The number of halogens is 1. The summed E-state index contributed by atoms with van der Waals surface area (Å²) < 4.78 is 8.90. The summed E-state index contributed by atoms with van der Waals surface area (Å²) in [6.07, 6.45) is 2.67. The lowest BCUT2D eigenvalue weighted by molar-refractivity contribution is 0.0955. The largest absolute Gasteiger partial charge is 0.494 e. The number of fused-ring (bicyclic) bond motifs is 1. The van der Waals surface area contributed by atoms with Crippen molar-refractivity contribution in [1.29, 1.82) is 0 Å². The molecule has 1 amide bonds. The summed E-state index contributed by atoms with van der Waals surface area (Å²) in [4.78, 5) is 12.5. The molecule has 0 aliphatic rings. The summed E-state index contributed by atoms with van der Waals surface area (Å²) in [6, 6.07) is 23.7. The molecule has 0 aliphatic heterocycles. The van der Waals surface area contributed by atoms with Gasteiger partial charge >= 0.3 is 0 Å². The van der Waals surface area contributed by atoms with Crippen molar-refractivity contribution >= 4 is 39.0 Å². The summed E-state index contributed by atoms with van der Waals surface area (Å²) >= 11 is 3.49. The highest BCUT2D eigenvalue weighted by atomic mass is 79.9. The number of para-hydroxylation sites is 1. The fraction of sp³-hybridized carbons (Fsp3) is 0.185. The molecule has 0 bridgehead atoms. The SMILES string of the molecule is CCCOc1ccc(C(=O)N/N=C/c2c(C)n(Cc3ccc(Br)cc3)c3ccccc23)cc1. The number of hydrogen-bond donors (Lipinski definition) is 1. The Kier molecular flexibility index (Phi) is 7.25. The van der Waals surface area contributed by atoms with E-state index in [-0.39, 0.29) is 5.91 Å². The second-order valence-electron chi connectivity index (χ2n) is 7.80. The number of rotatable bonds is 8. The van der Waals surface area contributed by atoms with Gasteiger partial charge in [-0.25, -0.2) is 5.43 Å². The molecule has 5 nitrogen and oxygen atoms in total. The molecule has 168 valence electrons. The first-order valence-corrected chi connectivity index (χ1v) is 11.7. The van der Waals surface area contributed by atoms with Crippen LogP contribution in [0.5, 0.6) is 5.75 Å². The highest BCUT2D eigenvalue weighted by Gasteiger charge is 2.13. The summed E-state index contributed by atoms with van der Waals surface area (Å²) in [7, 11) is 0. The third-order valence-corrected chi connectivity index (χ3v) is 6.01. The maximum absolute atomic E-state index is 12.5. The zero-order valence-corrected chi connectivity index (χ0v) is 20.3. The van der Waals surface area contributed by atoms with Crippen LogP contribution in [0.25, 0.3) is 10.9 Å². The van der Waals surface area contributed by atoms with E-state index < -0.39 is 0 Å². The van der Waals surface area contributed by atoms with Gasteiger partial charge in [0.1, 0.15) is 5.75 Å². The number of amides is 1. The zero-order valence-electron chi connectivity index (χ0n) is 18.7. The van der Waals surface area contributed by atoms with Crippen LogP contribution >= 0.6 is 15.9 Å². The smallest absolute Gasteiger partial charge is 0.271 e. The third kappa shape index (κ3) is 5.34. The van der Waals surface area contributed by atoms with E-state index in [1.54, 1.807) is 30.5 Å². The molecule has 0 saturated heterocycles. The van der Waals surface area contributed by atoms with Gasteiger partial charge in [0.25, 0.3) is 5.91 Å². The molecule has 1 aromatic heterocycles. The molecule has 0 spiro atoms. The Bertz CT molecular complexity index is 1280. The van der Waals surface area contributed by atoms with Gasteiger partial charge in [-0.1, -0.05) is 53.2 Å². The Balaban J connectivity index is 1.53. The molecule has 0 fully saturated rings. The van der Waals surface area contributed by atoms with Crippen LogP contribution < -0.4 is 10.2 Å². The van der Waals surface area contributed by atoms with Crippen molar-refractivity contribution in [2.24, 2.45) is 5.10 Å². The molecule has 4 aromatic rings. The van der Waals surface area contributed by atoms with E-state index in [9.17, 15) is 4.79 Å². The van der Waals surface area contributed by atoms with Crippen LogP contribution in [-0.4, -0.2) is 23.3 Å². The first-order chi connectivity index (χ1) is 16.1. The highest BCUT2D eigenvalue weighted by molar-refractivity contribution is 9.10. The Morgan fingerprint density at radius 2 is 1.79 bits per heavy atom. The van der Waals surface area contributed by atoms with Gasteiger partial charge in [-0.15, -0.1) is 0 Å². The van der Waals surface area contributed by atoms with E-state index in [1.807, 2.05) is 12.1 Å². The molecule has 4 rings (SSSR count). The van der Waals surface area contributed by atoms with Crippen molar-refractivity contribution in [3.8, 4) is 5.75 Å². The van der Waals surface area contributed by atoms with Crippen LogP contribution in [0.1, 0.15) is 40.5 Å². The van der Waals surface area contributed by atoms with Gasteiger partial charge in [0.2, 0.25) is 0 Å². The number of benzene rings is 3. The molecular weight excluding hydrogens is 478 g/mol. The molecule has 0 aliphatic carbocycles. The van der Waals surface area contributed by atoms with Gasteiger partial charge in [-0.3, -0.25) is 4.79 Å². The Labute approximate surface area is 202 Å². The van der Waals surface area contributed by atoms with Gasteiger partial charge in [-0.2, -0.15) is 5.10 Å². The number of hydrazone groups is 1. The molecule has 0 atom stereocenters. The van der Waals surface area contributed by atoms with Crippen LogP contribution in [0.4, 0.5) is 0 Å². The number of ether oxygens (including phenoxy) is 1. The van der Waals surface area contributed by atoms with Gasteiger partial charge in [0.15, 0.2) is 0 Å². The Morgan fingerprint density at radius 1 is 1.06 bits per heavy atom. The zero-order chi connectivity index (χ0) is 23.2. The van der Waals surface area contributed by atoms with E-state index in [0.717, 1.165) is 45.3 Å². The molecule has 6 heteroatoms. The monoisotopic (exact) mass is 503 g/mol. The molecular formula is C27H26BrN3O2. The van der Waals surface area contributed by atoms with Gasteiger partial charge in [0, 0.05) is 38.7 Å². The average Bonchev–Trinajstić information content (AvgIpc) is 3.10. The van der Waals surface area contributed by atoms with Crippen LogP contribution in [-0.2, 0) is 6.54 Å². The van der Waals surface area contributed by atoms with Crippen LogP contribution in [0, 0.1) is 6.92 Å². The molecule has 3 aromatic carbocycles. The summed E-state index contributed by atoms with van der Waals surface area (Å²) in [5, 5.41) is 5.36. The van der Waals surface area contributed by atoms with E-state index in [0.29, 0.717) is 12.2 Å². The number of carbonyl (C=O) groups is 1. The quantitative estimate of drug-likeness (QED) is 0.226. The number of aromatic nitrogens is 1. The van der Waals surface area contributed by atoms with E-state index in [1.165, 1.54) is 5.56 Å². The molecule has 0 radical (unpaired) electrons. The minimum Gasteiger partial charge on any atom is -0.494 e. The third-order valence-electron chi connectivity index (χ3n) is 5.48. The second-order valence-corrected chi connectivity index (χ2v) is 8.72. The predicted octanol–water partition coefficient (Wildman–Crippen LogP) is 6.31. The van der Waals surface area contributed by atoms with E-state index in [2.05, 4.69) is 81.3 Å². The van der Waals surface area contributed by atoms with Crippen molar-refractivity contribution in [3.63, 3.8) is 0 Å². The number of carbonyl (C=O) groups excluding carboxylic acids is 1. The molecule has 0 saturated carbocycles. The predicted molar refractivity (Wildman–Crippen MR) is 137 cm³/mol. The Morgan fingerprint density at radius 3 is 2.52 bits per heavy atom. The van der Waals surface area contributed by atoms with Gasteiger partial charge in [0.05, 0.1) is 12.8 Å². The molecule has 1 heterocycles. The topological polar surface area (TPSA) is 55.6 Å². The minimum absolute atomic E-state index is 0.260. The van der Waals surface area contributed by atoms with Crippen molar-refractivity contribution in [1.82, 2.24) is 9.99 Å². The maximum atomic E-state index is 12.5. The van der Waals surface area contributed by atoms with Gasteiger partial charge in [-0.05, 0) is 61.4 Å². The molecule has 33 heavy (non-hydrogen) atoms. The lowest BCUT2D eigenvalue weighted by atomic mass is 10.1. The van der Waals surface area contributed by atoms with Crippen LogP contribution in [0.15, 0.2) is 82.4 Å². The lowest BCUT2D eigenvalue weighted by Crippen LogP contribution is -2.17. The fourth-order valence-electron chi connectivity index (χ4n) is 3.74. The van der Waals surface area contributed by atoms with Crippen molar-refractivity contribution in [3.05, 3.63) is 99.7 Å². The van der Waals surface area contributed by atoms with Gasteiger partial charge < -0.3 is 9.30 Å². The summed E-state index contributed by atoms with van der Waals surface area (Å²) in [6.45, 7) is 5.55. The maximum Gasteiger partial charge on any atom is 0.271 e. The average molecular weight is 504 g/mol. The van der Waals surface area contributed by atoms with Crippen molar-refractivity contribution < 1.29 is 9.53 Å². The second kappa shape index (κ2) is 10.5. The van der Waals surface area contributed by atoms with Crippen LogP contribution in [0.2, 0.25) is 0 Å². The normalized spacial score (nSPS) is 11.2. The highest BCUT2D eigenvalue weighted by Crippen LogP contribution is 2.26. The lowest BCUT2D eigenvalue weighted by Gasteiger charge is -2.09. The minimum atomic E-state index is -0.260. The first-order valence-electron chi connectivity index (χ1n) is 11.0. The molecule has 1 N–H and O–H groups in total. The standard InChI is InChI=1S/C27H26BrN3O2/c1-3-16-33-23-14-10-21(11-15-23)27(32)30-29-17-25-19(2)31(26-7-5-4-6-24(25)26)18-20-8-12-22(28)13-9-20/h4-15,17H,3,16,18H2,1-2H3,(H,30,32)/b29-17+. The molecule has 0 unspecified atom stereocenters. The Hall–Kier alpha value is -3.38. The van der Waals surface area contributed by atoms with E-state index in [4.69, 9.17) is 4.74 Å². The van der Waals surface area contributed by atoms with E-state index >= 15 is 0 Å². The fourth-order valence-corrected chi connectivity index (χ4v) is 4.00. The number of nitrogens with one attached hydrogen (secondary N) is 1. The van der Waals surface area contributed by atoms with Crippen molar-refractivity contribution in [2.45, 2.75) is 26.8 Å². The van der Waals surface area contributed by atoms with Crippen LogP contribution in [0.3, 0.4) is 0 Å². The first kappa shape index (κ1) is 22.8. The number of nitrogens with zero attached hydrogens (tertiary/aromatic N) is 2. The van der Waals surface area contributed by atoms with Crippen molar-refractivity contribution in [2.75, 3.05) is 6.61 Å².